The number of anilines is 1. The van der Waals surface area contributed by atoms with Crippen molar-refractivity contribution in [2.75, 3.05) is 11.6 Å². The summed E-state index contributed by atoms with van der Waals surface area (Å²) in [7, 11) is 1.61. The van der Waals surface area contributed by atoms with E-state index in [-0.39, 0.29) is 18.1 Å². The molecule has 2 aromatic rings. The number of hydrogen-bond acceptors (Lipinski definition) is 5. The van der Waals surface area contributed by atoms with Gasteiger partial charge in [-0.2, -0.15) is 10.1 Å². The molecular weight excluding hydrogens is 308 g/mol. The number of hydrazone groups is 1. The molecule has 0 aromatic carbocycles. The Morgan fingerprint density at radius 3 is 2.50 bits per heavy atom. The summed E-state index contributed by atoms with van der Waals surface area (Å²) in [6.07, 6.45) is 3.24. The minimum atomic E-state index is -0.414. The summed E-state index contributed by atoms with van der Waals surface area (Å²) in [6, 6.07) is -0.131. The van der Waals surface area contributed by atoms with E-state index in [2.05, 4.69) is 23.2 Å². The van der Waals surface area contributed by atoms with Crippen molar-refractivity contribution in [3.63, 3.8) is 0 Å². The highest BCUT2D eigenvalue weighted by atomic mass is 16.2. The maximum atomic E-state index is 12.9. The van der Waals surface area contributed by atoms with E-state index in [9.17, 15) is 9.59 Å². The predicted molar refractivity (Wildman–Crippen MR) is 94.8 cm³/mol. The van der Waals surface area contributed by atoms with Gasteiger partial charge in [-0.15, -0.1) is 13.2 Å². The fourth-order valence-electron chi connectivity index (χ4n) is 2.92. The van der Waals surface area contributed by atoms with Gasteiger partial charge in [0.1, 0.15) is 0 Å². The van der Waals surface area contributed by atoms with Crippen LogP contribution < -0.4 is 16.3 Å². The molecule has 24 heavy (non-hydrogen) atoms. The fourth-order valence-corrected chi connectivity index (χ4v) is 2.92. The number of allylic oxidation sites excluding steroid dienone is 1. The molecule has 0 unspecified atom stereocenters. The smallest absolute Gasteiger partial charge is 0.294 e. The van der Waals surface area contributed by atoms with Crippen LogP contribution in [0, 0.1) is 0 Å². The Balaban J connectivity index is 2.45. The standard InChI is InChI=1S/C16H20N6O2/c1-6-8-20-14(23)12-13(19(5)16(20)24)17-15-21(9-7-2)18-10(3)11(4)22(12)15/h6-7,11H,1-2,8-9H2,3-5H3/t11-/m0/s1. The molecule has 0 radical (unpaired) electrons. The van der Waals surface area contributed by atoms with Gasteiger partial charge in [0.25, 0.3) is 5.56 Å². The number of imidazole rings is 1. The molecule has 1 aliphatic heterocycles. The zero-order valence-corrected chi connectivity index (χ0v) is 14.1. The third kappa shape index (κ3) is 2.06. The zero-order chi connectivity index (χ0) is 17.6. The molecule has 0 spiro atoms. The highest BCUT2D eigenvalue weighted by Crippen LogP contribution is 2.29. The second-order valence-corrected chi connectivity index (χ2v) is 5.79. The van der Waals surface area contributed by atoms with Gasteiger partial charge in [-0.1, -0.05) is 12.2 Å². The van der Waals surface area contributed by atoms with E-state index in [1.807, 2.05) is 18.4 Å². The van der Waals surface area contributed by atoms with E-state index in [0.29, 0.717) is 23.7 Å². The highest BCUT2D eigenvalue weighted by molar-refractivity contribution is 5.91. The molecular formula is C16H20N6O2. The van der Waals surface area contributed by atoms with Crippen LogP contribution in [0.4, 0.5) is 5.95 Å². The van der Waals surface area contributed by atoms with Gasteiger partial charge < -0.3 is 0 Å². The lowest BCUT2D eigenvalue weighted by Crippen LogP contribution is -2.40. The molecule has 1 atom stereocenters. The number of rotatable bonds is 4. The first-order chi connectivity index (χ1) is 11.4. The number of hydrogen-bond donors (Lipinski definition) is 0. The predicted octanol–water partition coefficient (Wildman–Crippen LogP) is 1.03. The van der Waals surface area contributed by atoms with E-state index in [4.69, 9.17) is 0 Å². The average molecular weight is 328 g/mol. The SMILES string of the molecule is C=CCN1N=C(C)[C@H](C)n2c1nc1c2c(=O)n(CC=C)c(=O)n1C. The van der Waals surface area contributed by atoms with E-state index >= 15 is 0 Å². The molecule has 8 nitrogen and oxygen atoms in total. The second kappa shape index (κ2) is 5.63. The Labute approximate surface area is 138 Å². The number of fused-ring (bicyclic) bond motifs is 3. The van der Waals surface area contributed by atoms with Crippen molar-refractivity contribution in [3.05, 3.63) is 46.1 Å². The van der Waals surface area contributed by atoms with Crippen LogP contribution in [0.15, 0.2) is 40.0 Å². The summed E-state index contributed by atoms with van der Waals surface area (Å²) in [4.78, 5) is 29.9. The Kier molecular flexibility index (Phi) is 3.75. The van der Waals surface area contributed by atoms with Crippen LogP contribution >= 0.6 is 0 Å². The second-order valence-electron chi connectivity index (χ2n) is 5.79. The molecule has 2 aromatic heterocycles. The van der Waals surface area contributed by atoms with Crippen molar-refractivity contribution in [1.82, 2.24) is 18.7 Å². The van der Waals surface area contributed by atoms with Crippen LogP contribution in [0.3, 0.4) is 0 Å². The maximum absolute atomic E-state index is 12.9. The van der Waals surface area contributed by atoms with Gasteiger partial charge in [0.2, 0.25) is 5.95 Å². The fraction of sp³-hybridized carbons (Fsp3) is 0.375. The first-order valence-electron chi connectivity index (χ1n) is 7.68. The van der Waals surface area contributed by atoms with Crippen molar-refractivity contribution in [3.8, 4) is 0 Å². The van der Waals surface area contributed by atoms with Crippen LogP contribution in [0.5, 0.6) is 0 Å². The Bertz CT molecular complexity index is 991. The van der Waals surface area contributed by atoms with Crippen molar-refractivity contribution in [1.29, 1.82) is 0 Å². The van der Waals surface area contributed by atoms with Gasteiger partial charge in [0, 0.05) is 13.6 Å². The first kappa shape index (κ1) is 16.0. The summed E-state index contributed by atoms with van der Waals surface area (Å²) in [5.74, 6) is 0.534. The van der Waals surface area contributed by atoms with E-state index in [0.717, 1.165) is 10.3 Å². The van der Waals surface area contributed by atoms with Crippen LogP contribution in [-0.2, 0) is 13.6 Å². The van der Waals surface area contributed by atoms with E-state index in [1.165, 1.54) is 10.6 Å². The quantitative estimate of drug-likeness (QED) is 0.785. The minimum absolute atomic E-state index is 0.131. The largest absolute Gasteiger partial charge is 0.332 e. The Morgan fingerprint density at radius 1 is 1.21 bits per heavy atom. The van der Waals surface area contributed by atoms with Crippen molar-refractivity contribution >= 4 is 22.8 Å². The minimum Gasteiger partial charge on any atom is -0.294 e. The van der Waals surface area contributed by atoms with E-state index < -0.39 is 5.69 Å². The molecule has 0 amide bonds. The molecule has 3 heterocycles. The molecule has 0 saturated carbocycles. The lowest BCUT2D eigenvalue weighted by molar-refractivity contribution is 0.638. The van der Waals surface area contributed by atoms with Gasteiger partial charge in [-0.05, 0) is 13.8 Å². The summed E-state index contributed by atoms with van der Waals surface area (Å²) < 4.78 is 4.39. The summed E-state index contributed by atoms with van der Waals surface area (Å²) in [6.45, 7) is 11.8. The summed E-state index contributed by atoms with van der Waals surface area (Å²) >= 11 is 0. The topological polar surface area (TPSA) is 77.4 Å². The molecule has 0 fully saturated rings. The van der Waals surface area contributed by atoms with Crippen LogP contribution in [0.2, 0.25) is 0 Å². The third-order valence-corrected chi connectivity index (χ3v) is 4.27. The summed E-state index contributed by atoms with van der Waals surface area (Å²) in [5, 5.41) is 6.20. The highest BCUT2D eigenvalue weighted by Gasteiger charge is 2.29. The van der Waals surface area contributed by atoms with Gasteiger partial charge in [0.05, 0.1) is 18.3 Å². The molecule has 8 heteroatoms. The van der Waals surface area contributed by atoms with Crippen molar-refractivity contribution in [2.24, 2.45) is 12.1 Å². The lowest BCUT2D eigenvalue weighted by Gasteiger charge is -2.28. The first-order valence-corrected chi connectivity index (χ1v) is 7.68. The summed E-state index contributed by atoms with van der Waals surface area (Å²) in [5.41, 5.74) is 0.818. The molecule has 0 bridgehead atoms. The Hall–Kier alpha value is -2.90. The number of aryl methyl sites for hydroxylation is 1. The molecule has 126 valence electrons. The Morgan fingerprint density at radius 2 is 1.88 bits per heavy atom. The van der Waals surface area contributed by atoms with Gasteiger partial charge >= 0.3 is 5.69 Å². The third-order valence-electron chi connectivity index (χ3n) is 4.27. The normalized spacial score (nSPS) is 16.9. The lowest BCUT2D eigenvalue weighted by atomic mass is 10.2. The molecule has 0 N–H and O–H groups in total. The van der Waals surface area contributed by atoms with Crippen molar-refractivity contribution < 1.29 is 0 Å². The molecule has 3 rings (SSSR count). The number of aromatic nitrogens is 4. The number of nitrogens with zero attached hydrogens (tertiary/aromatic N) is 6. The van der Waals surface area contributed by atoms with Crippen LogP contribution in [0.25, 0.3) is 11.2 Å². The zero-order valence-electron chi connectivity index (χ0n) is 14.1. The average Bonchev–Trinajstić information content (AvgIpc) is 2.96. The van der Waals surface area contributed by atoms with Crippen LogP contribution in [-0.4, -0.2) is 30.9 Å². The molecule has 0 aliphatic carbocycles. The van der Waals surface area contributed by atoms with Gasteiger partial charge in [-0.25, -0.2) is 9.80 Å². The van der Waals surface area contributed by atoms with Crippen LogP contribution in [0.1, 0.15) is 19.9 Å². The van der Waals surface area contributed by atoms with E-state index in [1.54, 1.807) is 18.1 Å². The molecule has 1 aliphatic rings. The van der Waals surface area contributed by atoms with Gasteiger partial charge in [-0.3, -0.25) is 18.5 Å². The van der Waals surface area contributed by atoms with Crippen molar-refractivity contribution in [2.45, 2.75) is 26.4 Å². The van der Waals surface area contributed by atoms with Gasteiger partial charge in [0.15, 0.2) is 11.2 Å². The monoisotopic (exact) mass is 328 g/mol. The maximum Gasteiger partial charge on any atom is 0.332 e. The molecule has 0 saturated heterocycles.